The van der Waals surface area contributed by atoms with Crippen LogP contribution in [0.5, 0.6) is 0 Å². The lowest BCUT2D eigenvalue weighted by molar-refractivity contribution is -0.151. The molecule has 0 aliphatic carbocycles. The summed E-state index contributed by atoms with van der Waals surface area (Å²) in [6, 6.07) is 10.0. The maximum atomic E-state index is 13.9. The van der Waals surface area contributed by atoms with Crippen LogP contribution in [-0.4, -0.2) is 32.9 Å². The number of benzene rings is 2. The van der Waals surface area contributed by atoms with E-state index in [0.717, 1.165) is 17.7 Å². The van der Waals surface area contributed by atoms with E-state index in [1.54, 1.807) is 45.0 Å². The molecule has 0 saturated heterocycles. The third-order valence-corrected chi connectivity index (χ3v) is 6.15. The fourth-order valence-corrected chi connectivity index (χ4v) is 4.23. The number of amides is 1. The van der Waals surface area contributed by atoms with Gasteiger partial charge in [-0.3, -0.25) is 9.59 Å². The first-order valence-electron chi connectivity index (χ1n) is 9.49. The minimum Gasteiger partial charge on any atom is -0.454 e. The Hall–Kier alpha value is -2.49. The number of carbonyl (C=O) groups excluding carboxylic acids is 2. The van der Waals surface area contributed by atoms with Crippen LogP contribution < -0.4 is 10.0 Å². The first-order chi connectivity index (χ1) is 14.5. The van der Waals surface area contributed by atoms with Crippen molar-refractivity contribution in [1.82, 2.24) is 10.0 Å². The molecule has 2 unspecified atom stereocenters. The first-order valence-corrected chi connectivity index (χ1v) is 11.4. The van der Waals surface area contributed by atoms with E-state index in [2.05, 4.69) is 10.0 Å². The van der Waals surface area contributed by atoms with Crippen molar-refractivity contribution in [2.45, 2.75) is 37.8 Å². The van der Waals surface area contributed by atoms with Crippen LogP contribution in [-0.2, 0) is 24.3 Å². The molecule has 0 heterocycles. The normalized spacial score (nSPS) is 13.5. The van der Waals surface area contributed by atoms with E-state index in [1.165, 1.54) is 12.1 Å². The zero-order chi connectivity index (χ0) is 23.2. The van der Waals surface area contributed by atoms with Gasteiger partial charge in [0.25, 0.3) is 5.91 Å². The molecule has 0 fully saturated rings. The SMILES string of the molecule is CC(NC(=O)COC(=O)C(NS(=O)(=O)c1ccccc1F)C(C)C)c1ccc(Cl)cc1. The number of nitrogens with one attached hydrogen (secondary N) is 2. The predicted molar refractivity (Wildman–Crippen MR) is 114 cm³/mol. The Labute approximate surface area is 186 Å². The first kappa shape index (κ1) is 24.8. The third-order valence-electron chi connectivity index (χ3n) is 4.42. The van der Waals surface area contributed by atoms with Gasteiger partial charge in [-0.1, -0.05) is 49.7 Å². The Morgan fingerprint density at radius 2 is 1.68 bits per heavy atom. The lowest BCUT2D eigenvalue weighted by Crippen LogP contribution is -2.46. The lowest BCUT2D eigenvalue weighted by atomic mass is 10.1. The van der Waals surface area contributed by atoms with Crippen LogP contribution in [0.2, 0.25) is 5.02 Å². The monoisotopic (exact) mass is 470 g/mol. The largest absolute Gasteiger partial charge is 0.454 e. The van der Waals surface area contributed by atoms with Crippen LogP contribution in [0.25, 0.3) is 0 Å². The summed E-state index contributed by atoms with van der Waals surface area (Å²) in [5.41, 5.74) is 0.807. The summed E-state index contributed by atoms with van der Waals surface area (Å²) in [5.74, 6) is -2.95. The molecule has 10 heteroatoms. The van der Waals surface area contributed by atoms with E-state index < -0.39 is 51.2 Å². The zero-order valence-electron chi connectivity index (χ0n) is 17.3. The van der Waals surface area contributed by atoms with Crippen molar-refractivity contribution in [2.24, 2.45) is 5.92 Å². The Bertz CT molecular complexity index is 1030. The van der Waals surface area contributed by atoms with Gasteiger partial charge in [0.05, 0.1) is 6.04 Å². The quantitative estimate of drug-likeness (QED) is 0.548. The Morgan fingerprint density at radius 1 is 1.06 bits per heavy atom. The summed E-state index contributed by atoms with van der Waals surface area (Å²) in [5, 5.41) is 3.24. The number of halogens is 2. The van der Waals surface area contributed by atoms with E-state index in [4.69, 9.17) is 16.3 Å². The van der Waals surface area contributed by atoms with Gasteiger partial charge in [0, 0.05) is 5.02 Å². The van der Waals surface area contributed by atoms with Crippen molar-refractivity contribution in [3.8, 4) is 0 Å². The van der Waals surface area contributed by atoms with Gasteiger partial charge >= 0.3 is 5.97 Å². The zero-order valence-corrected chi connectivity index (χ0v) is 18.8. The predicted octanol–water partition coefficient (Wildman–Crippen LogP) is 3.20. The topological polar surface area (TPSA) is 102 Å². The number of hydrogen-bond donors (Lipinski definition) is 2. The highest BCUT2D eigenvalue weighted by Gasteiger charge is 2.31. The summed E-state index contributed by atoms with van der Waals surface area (Å²) in [7, 11) is -4.31. The van der Waals surface area contributed by atoms with Crippen molar-refractivity contribution in [3.05, 3.63) is 64.9 Å². The summed E-state index contributed by atoms with van der Waals surface area (Å²) < 4.78 is 46.0. The lowest BCUT2D eigenvalue weighted by Gasteiger charge is -2.21. The van der Waals surface area contributed by atoms with Crippen LogP contribution in [0.1, 0.15) is 32.4 Å². The highest BCUT2D eigenvalue weighted by Crippen LogP contribution is 2.17. The van der Waals surface area contributed by atoms with E-state index in [1.807, 2.05) is 0 Å². The van der Waals surface area contributed by atoms with Crippen molar-refractivity contribution < 1.29 is 27.1 Å². The summed E-state index contributed by atoms with van der Waals surface area (Å²) >= 11 is 5.84. The molecule has 0 saturated carbocycles. The van der Waals surface area contributed by atoms with Gasteiger partial charge in [0.2, 0.25) is 10.0 Å². The molecular formula is C21H24ClFN2O5S. The smallest absolute Gasteiger partial charge is 0.324 e. The molecule has 2 N–H and O–H groups in total. The minimum atomic E-state index is -4.31. The van der Waals surface area contributed by atoms with Gasteiger partial charge in [0.1, 0.15) is 16.8 Å². The molecule has 2 rings (SSSR count). The van der Waals surface area contributed by atoms with Crippen molar-refractivity contribution >= 4 is 33.5 Å². The number of rotatable bonds is 9. The van der Waals surface area contributed by atoms with E-state index in [9.17, 15) is 22.4 Å². The molecule has 2 atom stereocenters. The van der Waals surface area contributed by atoms with Crippen LogP contribution in [0.15, 0.2) is 53.4 Å². The van der Waals surface area contributed by atoms with Crippen molar-refractivity contribution in [3.63, 3.8) is 0 Å². The minimum absolute atomic E-state index is 0.357. The molecule has 0 aliphatic heterocycles. The molecule has 0 aromatic heterocycles. The van der Waals surface area contributed by atoms with Crippen LogP contribution in [0, 0.1) is 11.7 Å². The standard InChI is InChI=1S/C21H24ClFN2O5S/c1-13(2)20(25-31(28,29)18-7-5-4-6-17(18)23)21(27)30-12-19(26)24-14(3)15-8-10-16(22)11-9-15/h4-11,13-14,20,25H,12H2,1-3H3,(H,24,26). The highest BCUT2D eigenvalue weighted by atomic mass is 35.5. The number of ether oxygens (including phenoxy) is 1. The number of sulfonamides is 1. The Morgan fingerprint density at radius 3 is 2.26 bits per heavy atom. The number of hydrogen-bond acceptors (Lipinski definition) is 5. The average molecular weight is 471 g/mol. The molecule has 168 valence electrons. The van der Waals surface area contributed by atoms with Gasteiger partial charge < -0.3 is 10.1 Å². The van der Waals surface area contributed by atoms with Gasteiger partial charge in [-0.05, 0) is 42.7 Å². The van der Waals surface area contributed by atoms with Crippen LogP contribution >= 0.6 is 11.6 Å². The molecular weight excluding hydrogens is 447 g/mol. The van der Waals surface area contributed by atoms with Gasteiger partial charge in [-0.25, -0.2) is 12.8 Å². The maximum Gasteiger partial charge on any atom is 0.324 e. The summed E-state index contributed by atoms with van der Waals surface area (Å²) in [6.07, 6.45) is 0. The van der Waals surface area contributed by atoms with Gasteiger partial charge in [-0.15, -0.1) is 0 Å². The molecule has 2 aromatic rings. The van der Waals surface area contributed by atoms with Crippen LogP contribution in [0.3, 0.4) is 0 Å². The fourth-order valence-electron chi connectivity index (χ4n) is 2.69. The number of esters is 1. The maximum absolute atomic E-state index is 13.9. The Kier molecular flexibility index (Phi) is 8.55. The molecule has 1 amide bonds. The van der Waals surface area contributed by atoms with E-state index in [-0.39, 0.29) is 6.04 Å². The molecule has 0 aliphatic rings. The van der Waals surface area contributed by atoms with Gasteiger partial charge in [0.15, 0.2) is 6.61 Å². The number of carbonyl (C=O) groups is 2. The second kappa shape index (κ2) is 10.7. The molecule has 7 nitrogen and oxygen atoms in total. The van der Waals surface area contributed by atoms with E-state index >= 15 is 0 Å². The van der Waals surface area contributed by atoms with Crippen molar-refractivity contribution in [1.29, 1.82) is 0 Å². The second-order valence-corrected chi connectivity index (χ2v) is 9.34. The second-order valence-electron chi connectivity index (χ2n) is 7.22. The highest BCUT2D eigenvalue weighted by molar-refractivity contribution is 7.89. The summed E-state index contributed by atoms with van der Waals surface area (Å²) in [4.78, 5) is 24.0. The molecule has 0 radical (unpaired) electrons. The summed E-state index contributed by atoms with van der Waals surface area (Å²) in [6.45, 7) is 4.35. The van der Waals surface area contributed by atoms with Crippen molar-refractivity contribution in [2.75, 3.05) is 6.61 Å². The van der Waals surface area contributed by atoms with Crippen LogP contribution in [0.4, 0.5) is 4.39 Å². The molecule has 0 spiro atoms. The fraction of sp³-hybridized carbons (Fsp3) is 0.333. The van der Waals surface area contributed by atoms with Gasteiger partial charge in [-0.2, -0.15) is 4.72 Å². The molecule has 0 bridgehead atoms. The van der Waals surface area contributed by atoms with E-state index in [0.29, 0.717) is 5.02 Å². The Balaban J connectivity index is 1.98. The average Bonchev–Trinajstić information content (AvgIpc) is 2.70. The molecule has 2 aromatic carbocycles. The third kappa shape index (κ3) is 7.02. The molecule has 31 heavy (non-hydrogen) atoms.